The van der Waals surface area contributed by atoms with Crippen LogP contribution in [-0.4, -0.2) is 76.4 Å². The van der Waals surface area contributed by atoms with Crippen molar-refractivity contribution in [3.05, 3.63) is 35.4 Å². The number of likely N-dealkylation sites (tertiary alicyclic amines) is 2. The van der Waals surface area contributed by atoms with Crippen LogP contribution in [0.4, 0.5) is 8.78 Å². The number of hydrogen-bond donors (Lipinski definition) is 1. The first-order valence-corrected chi connectivity index (χ1v) is 16.0. The average Bonchev–Trinajstić information content (AvgIpc) is 3.50. The quantitative estimate of drug-likeness (QED) is 0.447. The Kier molecular flexibility index (Phi) is 9.50. The van der Waals surface area contributed by atoms with E-state index in [-0.39, 0.29) is 46.8 Å². The van der Waals surface area contributed by atoms with E-state index in [9.17, 15) is 14.0 Å². The van der Waals surface area contributed by atoms with Crippen LogP contribution in [0.2, 0.25) is 0 Å². The topological polar surface area (TPSA) is 69.9 Å². The number of amides is 2. The Morgan fingerprint density at radius 3 is 2.19 bits per heavy atom. The summed E-state index contributed by atoms with van der Waals surface area (Å²) in [5.74, 6) is -1.94. The van der Waals surface area contributed by atoms with Crippen molar-refractivity contribution in [2.75, 3.05) is 26.2 Å². The van der Waals surface area contributed by atoms with Gasteiger partial charge < -0.3 is 15.5 Å². The van der Waals surface area contributed by atoms with E-state index in [1.165, 1.54) is 12.1 Å². The van der Waals surface area contributed by atoms with E-state index in [2.05, 4.69) is 44.4 Å². The number of benzene rings is 1. The standard InChI is InChI=1S/C34H54F2N4O2/c1-32(2,3)31(42)40(23-11-14-34(7,8)15-12-23)25-18-24(13-16-37)39(19-25)30(41)28-21-38(33(4,5)6)20-27(28)26-10-9-22(35)17-29(26)36/h9-10,17,23-25,27-28H,11-16,18-21,37H2,1-8H3/t24-,25?,27-,28+/m0/s1. The average molecular weight is 589 g/mol. The summed E-state index contributed by atoms with van der Waals surface area (Å²) in [5, 5.41) is 0. The van der Waals surface area contributed by atoms with Gasteiger partial charge >= 0.3 is 0 Å². The second-order valence-corrected chi connectivity index (χ2v) is 15.9. The van der Waals surface area contributed by atoms with E-state index in [1.807, 2.05) is 25.7 Å². The minimum absolute atomic E-state index is 0.00985. The molecule has 236 valence electrons. The molecule has 2 amide bonds. The molecular formula is C34H54F2N4O2. The molecule has 1 aromatic rings. The second kappa shape index (κ2) is 12.1. The number of hydrogen-bond acceptors (Lipinski definition) is 4. The Balaban J connectivity index is 1.65. The summed E-state index contributed by atoms with van der Waals surface area (Å²) < 4.78 is 29.0. The first-order valence-electron chi connectivity index (χ1n) is 16.0. The molecular weight excluding hydrogens is 534 g/mol. The summed E-state index contributed by atoms with van der Waals surface area (Å²) in [6, 6.07) is 3.70. The van der Waals surface area contributed by atoms with Gasteiger partial charge in [0.15, 0.2) is 0 Å². The van der Waals surface area contributed by atoms with Crippen LogP contribution in [-0.2, 0) is 9.59 Å². The summed E-state index contributed by atoms with van der Waals surface area (Å²) >= 11 is 0. The maximum atomic E-state index is 15.1. The van der Waals surface area contributed by atoms with Crippen LogP contribution in [0, 0.1) is 28.4 Å². The van der Waals surface area contributed by atoms with Crippen LogP contribution in [0.3, 0.4) is 0 Å². The molecule has 1 aromatic carbocycles. The molecule has 2 heterocycles. The summed E-state index contributed by atoms with van der Waals surface area (Å²) in [5.41, 5.74) is 5.99. The van der Waals surface area contributed by atoms with Gasteiger partial charge in [-0.2, -0.15) is 0 Å². The fraction of sp³-hybridized carbons (Fsp3) is 0.765. The van der Waals surface area contributed by atoms with Crippen LogP contribution in [0.25, 0.3) is 0 Å². The molecule has 6 nitrogen and oxygen atoms in total. The van der Waals surface area contributed by atoms with Gasteiger partial charge in [0.05, 0.1) is 12.0 Å². The molecule has 2 N–H and O–H groups in total. The lowest BCUT2D eigenvalue weighted by Crippen LogP contribution is -2.54. The normalized spacial score (nSPS) is 27.5. The van der Waals surface area contributed by atoms with Crippen molar-refractivity contribution in [3.8, 4) is 0 Å². The zero-order valence-electron chi connectivity index (χ0n) is 27.2. The van der Waals surface area contributed by atoms with Crippen molar-refractivity contribution in [3.63, 3.8) is 0 Å². The summed E-state index contributed by atoms with van der Waals surface area (Å²) in [7, 11) is 0. The number of carbonyl (C=O) groups excluding carboxylic acids is 2. The van der Waals surface area contributed by atoms with Gasteiger partial charge in [-0.25, -0.2) is 8.78 Å². The third-order valence-electron chi connectivity index (χ3n) is 10.1. The first kappa shape index (κ1) is 32.8. The maximum absolute atomic E-state index is 15.1. The molecule has 42 heavy (non-hydrogen) atoms. The smallest absolute Gasteiger partial charge is 0.228 e. The van der Waals surface area contributed by atoms with Crippen LogP contribution >= 0.6 is 0 Å². The van der Waals surface area contributed by atoms with Crippen molar-refractivity contribution >= 4 is 11.8 Å². The fourth-order valence-corrected chi connectivity index (χ4v) is 7.44. The largest absolute Gasteiger partial charge is 0.337 e. The third kappa shape index (κ3) is 7.01. The molecule has 0 aromatic heterocycles. The van der Waals surface area contributed by atoms with Gasteiger partial charge in [-0.15, -0.1) is 0 Å². The molecule has 2 saturated heterocycles. The van der Waals surface area contributed by atoms with Crippen LogP contribution < -0.4 is 5.73 Å². The molecule has 3 fully saturated rings. The number of carbonyl (C=O) groups is 2. The highest BCUT2D eigenvalue weighted by atomic mass is 19.1. The Bertz CT molecular complexity index is 1130. The fourth-order valence-electron chi connectivity index (χ4n) is 7.44. The van der Waals surface area contributed by atoms with E-state index < -0.39 is 23.0 Å². The number of rotatable bonds is 6. The number of halogens is 2. The van der Waals surface area contributed by atoms with Crippen LogP contribution in [0.1, 0.15) is 105 Å². The molecule has 3 aliphatic rings. The minimum atomic E-state index is -0.620. The zero-order chi connectivity index (χ0) is 31.2. The molecule has 0 spiro atoms. The number of nitrogens with zero attached hydrogens (tertiary/aromatic N) is 3. The van der Waals surface area contributed by atoms with E-state index in [4.69, 9.17) is 5.73 Å². The first-order chi connectivity index (χ1) is 19.4. The van der Waals surface area contributed by atoms with Gasteiger partial charge in [-0.3, -0.25) is 14.5 Å². The van der Waals surface area contributed by atoms with Crippen molar-refractivity contribution < 1.29 is 18.4 Å². The van der Waals surface area contributed by atoms with Gasteiger partial charge in [-0.05, 0) is 82.9 Å². The lowest BCUT2D eigenvalue weighted by atomic mass is 9.74. The van der Waals surface area contributed by atoms with E-state index in [0.717, 1.165) is 31.7 Å². The van der Waals surface area contributed by atoms with Crippen LogP contribution in [0.15, 0.2) is 18.2 Å². The Morgan fingerprint density at radius 1 is 1.00 bits per heavy atom. The summed E-state index contributed by atoms with van der Waals surface area (Å²) in [6.45, 7) is 18.8. The molecule has 4 rings (SSSR count). The third-order valence-corrected chi connectivity index (χ3v) is 10.1. The highest BCUT2D eigenvalue weighted by Crippen LogP contribution is 2.42. The van der Waals surface area contributed by atoms with E-state index >= 15 is 4.39 Å². The van der Waals surface area contributed by atoms with Gasteiger partial charge in [0, 0.05) is 54.7 Å². The number of nitrogens with two attached hydrogens (primary N) is 1. The predicted molar refractivity (Wildman–Crippen MR) is 164 cm³/mol. The Labute approximate surface area is 252 Å². The second-order valence-electron chi connectivity index (χ2n) is 15.9. The summed E-state index contributed by atoms with van der Waals surface area (Å²) in [4.78, 5) is 34.8. The summed E-state index contributed by atoms with van der Waals surface area (Å²) in [6.07, 6.45) is 5.44. The molecule has 1 saturated carbocycles. The van der Waals surface area contributed by atoms with Gasteiger partial charge in [0.25, 0.3) is 0 Å². The maximum Gasteiger partial charge on any atom is 0.228 e. The zero-order valence-corrected chi connectivity index (χ0v) is 27.2. The molecule has 0 bridgehead atoms. The molecule has 0 radical (unpaired) electrons. The minimum Gasteiger partial charge on any atom is -0.337 e. The lowest BCUT2D eigenvalue weighted by Gasteiger charge is -2.45. The highest BCUT2D eigenvalue weighted by Gasteiger charge is 2.49. The molecule has 1 aliphatic carbocycles. The monoisotopic (exact) mass is 588 g/mol. The molecule has 8 heteroatoms. The molecule has 2 aliphatic heterocycles. The van der Waals surface area contributed by atoms with Crippen molar-refractivity contribution in [2.45, 2.75) is 123 Å². The SMILES string of the molecule is CC1(C)CCC(N(C(=O)C(C)(C)C)C2C[C@H](CCN)N(C(=O)[C@@H]3CN(C(C)(C)C)C[C@H]3c3ccc(F)cc3F)C2)CC1. The van der Waals surface area contributed by atoms with Gasteiger partial charge in [0.2, 0.25) is 11.8 Å². The Hall–Kier alpha value is -2.06. The van der Waals surface area contributed by atoms with E-state index in [0.29, 0.717) is 44.6 Å². The molecule has 4 atom stereocenters. The predicted octanol–water partition coefficient (Wildman–Crippen LogP) is 5.94. The molecule has 1 unspecified atom stereocenters. The van der Waals surface area contributed by atoms with Gasteiger partial charge in [0.1, 0.15) is 11.6 Å². The Morgan fingerprint density at radius 2 is 1.64 bits per heavy atom. The lowest BCUT2D eigenvalue weighted by molar-refractivity contribution is -0.147. The van der Waals surface area contributed by atoms with Crippen LogP contribution in [0.5, 0.6) is 0 Å². The van der Waals surface area contributed by atoms with Crippen molar-refractivity contribution in [1.29, 1.82) is 0 Å². The highest BCUT2D eigenvalue weighted by molar-refractivity contribution is 5.83. The van der Waals surface area contributed by atoms with Gasteiger partial charge in [-0.1, -0.05) is 40.7 Å². The van der Waals surface area contributed by atoms with Crippen molar-refractivity contribution in [1.82, 2.24) is 14.7 Å². The van der Waals surface area contributed by atoms with E-state index in [1.54, 1.807) is 0 Å². The van der Waals surface area contributed by atoms with Crippen molar-refractivity contribution in [2.24, 2.45) is 22.5 Å².